The molecule has 1 N–H and O–H groups in total. The number of aliphatic hydroxyl groups is 1. The van der Waals surface area contributed by atoms with Crippen molar-refractivity contribution in [2.45, 2.75) is 57.4 Å². The fourth-order valence-corrected chi connectivity index (χ4v) is 4.09. The molecule has 0 amide bonds. The normalized spacial score (nSPS) is 25.7. The Kier molecular flexibility index (Phi) is 7.31. The SMILES string of the molecule is COC(=O)CN(Cc1ccc(OCc2ccccc2)cc1)C[C@@H]1O[C@H]2OC(C)(C)O[C@H]2[C@@H]1O. The third-order valence-electron chi connectivity index (χ3n) is 5.71. The second-order valence-electron chi connectivity index (χ2n) is 8.80. The molecule has 0 aliphatic carbocycles. The number of benzene rings is 2. The zero-order chi connectivity index (χ0) is 23.4. The van der Waals surface area contributed by atoms with Crippen LogP contribution in [-0.2, 0) is 36.9 Å². The Hall–Kier alpha value is -2.49. The Morgan fingerprint density at radius 3 is 2.45 bits per heavy atom. The van der Waals surface area contributed by atoms with E-state index in [0.29, 0.717) is 19.7 Å². The van der Waals surface area contributed by atoms with Crippen molar-refractivity contribution in [1.29, 1.82) is 0 Å². The van der Waals surface area contributed by atoms with Crippen LogP contribution < -0.4 is 4.74 Å². The van der Waals surface area contributed by atoms with Gasteiger partial charge in [-0.1, -0.05) is 42.5 Å². The molecule has 4 rings (SSSR count). The summed E-state index contributed by atoms with van der Waals surface area (Å²) in [5, 5.41) is 10.7. The first-order valence-corrected chi connectivity index (χ1v) is 11.1. The molecule has 8 nitrogen and oxygen atoms in total. The summed E-state index contributed by atoms with van der Waals surface area (Å²) < 4.78 is 28.1. The highest BCUT2D eigenvalue weighted by molar-refractivity contribution is 5.71. The van der Waals surface area contributed by atoms with E-state index in [1.165, 1.54) is 7.11 Å². The Balaban J connectivity index is 1.36. The number of nitrogens with zero attached hydrogens (tertiary/aromatic N) is 1. The molecule has 4 atom stereocenters. The Bertz CT molecular complexity index is 918. The predicted molar refractivity (Wildman–Crippen MR) is 119 cm³/mol. The van der Waals surface area contributed by atoms with Crippen molar-refractivity contribution < 1.29 is 33.6 Å². The highest BCUT2D eigenvalue weighted by Gasteiger charge is 2.54. The molecule has 0 saturated carbocycles. The van der Waals surface area contributed by atoms with E-state index in [0.717, 1.165) is 16.9 Å². The largest absolute Gasteiger partial charge is 0.489 e. The molecule has 2 aliphatic heterocycles. The minimum absolute atomic E-state index is 0.0673. The molecule has 178 valence electrons. The van der Waals surface area contributed by atoms with E-state index < -0.39 is 30.4 Å². The lowest BCUT2D eigenvalue weighted by Crippen LogP contribution is -2.43. The number of aliphatic hydroxyl groups excluding tert-OH is 1. The third kappa shape index (κ3) is 6.10. The summed E-state index contributed by atoms with van der Waals surface area (Å²) >= 11 is 0. The number of hydrogen-bond acceptors (Lipinski definition) is 8. The molecule has 0 aromatic heterocycles. The molecule has 2 aromatic rings. The summed E-state index contributed by atoms with van der Waals surface area (Å²) in [4.78, 5) is 13.9. The number of hydrogen-bond donors (Lipinski definition) is 1. The van der Waals surface area contributed by atoms with E-state index in [9.17, 15) is 9.90 Å². The number of rotatable bonds is 9. The van der Waals surface area contributed by atoms with Crippen LogP contribution in [0.2, 0.25) is 0 Å². The van der Waals surface area contributed by atoms with Gasteiger partial charge in [0, 0.05) is 13.1 Å². The second-order valence-corrected chi connectivity index (χ2v) is 8.80. The Morgan fingerprint density at radius 1 is 1.06 bits per heavy atom. The summed E-state index contributed by atoms with van der Waals surface area (Å²) in [7, 11) is 1.36. The van der Waals surface area contributed by atoms with Gasteiger partial charge >= 0.3 is 5.97 Å². The van der Waals surface area contributed by atoms with Crippen LogP contribution in [0.5, 0.6) is 5.75 Å². The molecule has 33 heavy (non-hydrogen) atoms. The maximum Gasteiger partial charge on any atom is 0.319 e. The number of fused-ring (bicyclic) bond motifs is 1. The number of ether oxygens (including phenoxy) is 5. The monoisotopic (exact) mass is 457 g/mol. The van der Waals surface area contributed by atoms with Crippen LogP contribution in [0.25, 0.3) is 0 Å². The van der Waals surface area contributed by atoms with Crippen LogP contribution in [0.3, 0.4) is 0 Å². The highest BCUT2D eigenvalue weighted by Crippen LogP contribution is 2.37. The van der Waals surface area contributed by atoms with Gasteiger partial charge in [-0.2, -0.15) is 0 Å². The molecule has 0 unspecified atom stereocenters. The van der Waals surface area contributed by atoms with E-state index in [-0.39, 0.29) is 12.5 Å². The average Bonchev–Trinajstić information content (AvgIpc) is 3.25. The zero-order valence-corrected chi connectivity index (χ0v) is 19.2. The first kappa shape index (κ1) is 23.7. The van der Waals surface area contributed by atoms with Crippen LogP contribution in [-0.4, -0.2) is 66.6 Å². The van der Waals surface area contributed by atoms with Gasteiger partial charge in [0.05, 0.1) is 13.7 Å². The molecular formula is C25H31NO7. The standard InChI is InChI=1S/C25H31NO7/c1-25(2)32-23-22(28)20(31-24(23)33-25)14-26(15-21(27)29-3)13-17-9-11-19(12-10-17)30-16-18-7-5-4-6-8-18/h4-12,20,22-24,28H,13-16H2,1-3H3/t20-,22+,23-,24-/m0/s1. The molecule has 0 spiro atoms. The van der Waals surface area contributed by atoms with Crippen molar-refractivity contribution >= 4 is 5.97 Å². The summed E-state index contributed by atoms with van der Waals surface area (Å²) in [5.41, 5.74) is 2.09. The van der Waals surface area contributed by atoms with Gasteiger partial charge in [-0.15, -0.1) is 0 Å². The van der Waals surface area contributed by atoms with Crippen molar-refractivity contribution in [3.8, 4) is 5.75 Å². The lowest BCUT2D eigenvalue weighted by atomic mass is 10.1. The summed E-state index contributed by atoms with van der Waals surface area (Å²) in [5.74, 6) is -0.391. The van der Waals surface area contributed by atoms with Crippen LogP contribution >= 0.6 is 0 Å². The summed E-state index contributed by atoms with van der Waals surface area (Å²) in [6.07, 6.45) is -2.58. The van der Waals surface area contributed by atoms with Gasteiger partial charge in [-0.3, -0.25) is 9.69 Å². The average molecular weight is 458 g/mol. The maximum atomic E-state index is 12.0. The van der Waals surface area contributed by atoms with E-state index >= 15 is 0 Å². The Morgan fingerprint density at radius 2 is 1.79 bits per heavy atom. The van der Waals surface area contributed by atoms with Gasteiger partial charge in [-0.25, -0.2) is 0 Å². The molecule has 0 radical (unpaired) electrons. The minimum atomic E-state index is -0.856. The topological polar surface area (TPSA) is 86.7 Å². The highest BCUT2D eigenvalue weighted by atomic mass is 16.8. The third-order valence-corrected chi connectivity index (χ3v) is 5.71. The van der Waals surface area contributed by atoms with Crippen LogP contribution in [0.15, 0.2) is 54.6 Å². The van der Waals surface area contributed by atoms with Crippen molar-refractivity contribution in [2.24, 2.45) is 0 Å². The van der Waals surface area contributed by atoms with E-state index in [1.54, 1.807) is 13.8 Å². The molecule has 8 heteroatoms. The van der Waals surface area contributed by atoms with Crippen molar-refractivity contribution in [2.75, 3.05) is 20.2 Å². The van der Waals surface area contributed by atoms with Gasteiger partial charge in [0.25, 0.3) is 0 Å². The second kappa shape index (κ2) is 10.2. The van der Waals surface area contributed by atoms with Crippen molar-refractivity contribution in [1.82, 2.24) is 4.90 Å². The lowest BCUT2D eigenvalue weighted by molar-refractivity contribution is -0.216. The van der Waals surface area contributed by atoms with Gasteiger partial charge in [0.1, 0.15) is 30.7 Å². The zero-order valence-electron chi connectivity index (χ0n) is 19.2. The maximum absolute atomic E-state index is 12.0. The molecular weight excluding hydrogens is 426 g/mol. The number of carbonyl (C=O) groups is 1. The predicted octanol–water partition coefficient (Wildman–Crippen LogP) is 2.48. The molecule has 2 saturated heterocycles. The van der Waals surface area contributed by atoms with Gasteiger partial charge in [0.15, 0.2) is 12.1 Å². The first-order valence-electron chi connectivity index (χ1n) is 11.1. The summed E-state index contributed by atoms with van der Waals surface area (Å²) in [6, 6.07) is 17.7. The number of carbonyl (C=O) groups excluding carboxylic acids is 1. The minimum Gasteiger partial charge on any atom is -0.489 e. The summed E-state index contributed by atoms with van der Waals surface area (Å²) in [6.45, 7) is 4.93. The van der Waals surface area contributed by atoms with Gasteiger partial charge < -0.3 is 28.8 Å². The van der Waals surface area contributed by atoms with Crippen LogP contribution in [0.4, 0.5) is 0 Å². The first-order chi connectivity index (χ1) is 15.8. The van der Waals surface area contributed by atoms with E-state index in [1.807, 2.05) is 59.5 Å². The molecule has 2 aromatic carbocycles. The lowest BCUT2D eigenvalue weighted by Gasteiger charge is -2.28. The fourth-order valence-electron chi connectivity index (χ4n) is 4.09. The van der Waals surface area contributed by atoms with Crippen LogP contribution in [0, 0.1) is 0 Å². The van der Waals surface area contributed by atoms with Crippen LogP contribution in [0.1, 0.15) is 25.0 Å². The molecule has 2 aliphatic rings. The van der Waals surface area contributed by atoms with Gasteiger partial charge in [0.2, 0.25) is 0 Å². The van der Waals surface area contributed by atoms with E-state index in [4.69, 9.17) is 23.7 Å². The number of methoxy groups -OCH3 is 1. The number of esters is 1. The van der Waals surface area contributed by atoms with E-state index in [2.05, 4.69) is 0 Å². The smallest absolute Gasteiger partial charge is 0.319 e. The van der Waals surface area contributed by atoms with Gasteiger partial charge in [-0.05, 0) is 37.1 Å². The Labute approximate surface area is 194 Å². The molecule has 2 heterocycles. The fraction of sp³-hybridized carbons (Fsp3) is 0.480. The molecule has 0 bridgehead atoms. The van der Waals surface area contributed by atoms with Crippen molar-refractivity contribution in [3.05, 3.63) is 65.7 Å². The quantitative estimate of drug-likeness (QED) is 0.575. The van der Waals surface area contributed by atoms with Crippen molar-refractivity contribution in [3.63, 3.8) is 0 Å². The molecule has 2 fully saturated rings.